The van der Waals surface area contributed by atoms with Crippen LogP contribution in [-0.2, 0) is 19.3 Å². The number of anilines is 1. The van der Waals surface area contributed by atoms with Crippen molar-refractivity contribution in [1.82, 2.24) is 19.9 Å². The summed E-state index contributed by atoms with van der Waals surface area (Å²) in [4.78, 5) is 27.5. The Balaban J connectivity index is 1.67. The Kier molecular flexibility index (Phi) is 5.59. The smallest absolute Gasteiger partial charge is 0.277 e. The number of nitrogens with one attached hydrogen (secondary N) is 1. The van der Waals surface area contributed by atoms with Crippen molar-refractivity contribution in [3.8, 4) is 5.69 Å². The van der Waals surface area contributed by atoms with Gasteiger partial charge in [0.25, 0.3) is 5.56 Å². The van der Waals surface area contributed by atoms with Gasteiger partial charge in [-0.15, -0.1) is 11.3 Å². The second-order valence-corrected chi connectivity index (χ2v) is 11.1. The van der Waals surface area contributed by atoms with E-state index < -0.39 is 0 Å². The van der Waals surface area contributed by atoms with Crippen LogP contribution in [0.25, 0.3) is 26.1 Å². The summed E-state index contributed by atoms with van der Waals surface area (Å²) in [6.45, 7) is 7.81. The molecule has 0 unspecified atom stereocenters. The van der Waals surface area contributed by atoms with Crippen LogP contribution >= 0.6 is 22.9 Å². The molecule has 4 aromatic rings. The van der Waals surface area contributed by atoms with Crippen molar-refractivity contribution in [2.24, 2.45) is 5.92 Å². The predicted molar refractivity (Wildman–Crippen MR) is 141 cm³/mol. The molecule has 1 aliphatic carbocycles. The molecule has 1 fully saturated rings. The molecule has 6 rings (SSSR count). The number of rotatable bonds is 4. The van der Waals surface area contributed by atoms with Crippen molar-refractivity contribution in [2.45, 2.75) is 39.5 Å². The van der Waals surface area contributed by atoms with E-state index in [4.69, 9.17) is 21.6 Å². The zero-order valence-corrected chi connectivity index (χ0v) is 21.1. The zero-order valence-electron chi connectivity index (χ0n) is 19.5. The van der Waals surface area contributed by atoms with Gasteiger partial charge >= 0.3 is 0 Å². The molecule has 1 saturated heterocycles. The number of fused-ring (bicyclic) bond motifs is 5. The molecule has 0 atom stereocenters. The second kappa shape index (κ2) is 8.63. The maximum Gasteiger partial charge on any atom is 0.277 e. The Hall–Kier alpha value is -2.48. The summed E-state index contributed by atoms with van der Waals surface area (Å²) in [6, 6.07) is 7.48. The van der Waals surface area contributed by atoms with Crippen molar-refractivity contribution >= 4 is 49.3 Å². The number of halogens is 1. The number of nitrogens with zero attached hydrogens (tertiary/aromatic N) is 4. The van der Waals surface area contributed by atoms with Crippen LogP contribution < -0.4 is 15.8 Å². The van der Waals surface area contributed by atoms with E-state index in [1.54, 1.807) is 4.57 Å². The molecule has 2 aliphatic rings. The highest BCUT2D eigenvalue weighted by atomic mass is 35.5. The maximum atomic E-state index is 14.1. The van der Waals surface area contributed by atoms with Gasteiger partial charge in [0.05, 0.1) is 5.69 Å². The van der Waals surface area contributed by atoms with Crippen LogP contribution in [0.1, 0.15) is 37.1 Å². The largest absolute Gasteiger partial charge is 0.339 e. The fourth-order valence-electron chi connectivity index (χ4n) is 5.36. The molecular formula is C26H28ClN5OS. The van der Waals surface area contributed by atoms with Crippen LogP contribution in [0, 0.1) is 5.92 Å². The minimum atomic E-state index is -0.0408. The molecule has 0 saturated carbocycles. The van der Waals surface area contributed by atoms with Gasteiger partial charge in [0.1, 0.15) is 15.0 Å². The zero-order chi connectivity index (χ0) is 23.4. The molecule has 1 N–H and O–H groups in total. The molecule has 4 heterocycles. The van der Waals surface area contributed by atoms with Gasteiger partial charge in [-0.1, -0.05) is 31.5 Å². The SMILES string of the molecule is CC(C)Cc1nc2sc3c(=O)n(-c4cccc(Cl)c4)c(N4CCNCC4)nc3c2c2c1CCC2. The van der Waals surface area contributed by atoms with Crippen molar-refractivity contribution in [1.29, 1.82) is 0 Å². The summed E-state index contributed by atoms with van der Waals surface area (Å²) < 4.78 is 2.42. The highest BCUT2D eigenvalue weighted by Gasteiger charge is 2.27. The van der Waals surface area contributed by atoms with Gasteiger partial charge in [-0.05, 0) is 60.9 Å². The second-order valence-electron chi connectivity index (χ2n) is 9.70. The van der Waals surface area contributed by atoms with Crippen LogP contribution in [0.2, 0.25) is 5.02 Å². The molecule has 0 spiro atoms. The lowest BCUT2D eigenvalue weighted by Crippen LogP contribution is -2.46. The molecule has 8 heteroatoms. The first-order valence-electron chi connectivity index (χ1n) is 12.1. The molecule has 1 aliphatic heterocycles. The highest BCUT2D eigenvalue weighted by molar-refractivity contribution is 7.25. The van der Waals surface area contributed by atoms with Crippen molar-refractivity contribution in [3.63, 3.8) is 0 Å². The summed E-state index contributed by atoms with van der Waals surface area (Å²) >= 11 is 7.82. The Bertz CT molecular complexity index is 1470. The average Bonchev–Trinajstić information content (AvgIpc) is 3.44. The number of aryl methyl sites for hydroxylation is 1. The summed E-state index contributed by atoms with van der Waals surface area (Å²) in [5, 5.41) is 5.10. The van der Waals surface area contributed by atoms with E-state index in [1.807, 2.05) is 24.3 Å². The van der Waals surface area contributed by atoms with Gasteiger partial charge in [-0.2, -0.15) is 0 Å². The summed E-state index contributed by atoms with van der Waals surface area (Å²) in [6.07, 6.45) is 4.22. The molecule has 176 valence electrons. The highest BCUT2D eigenvalue weighted by Crippen LogP contribution is 2.40. The maximum absolute atomic E-state index is 14.1. The molecule has 3 aromatic heterocycles. The van der Waals surface area contributed by atoms with E-state index in [2.05, 4.69) is 24.1 Å². The Morgan fingerprint density at radius 2 is 1.94 bits per heavy atom. The number of thiophene rings is 1. The number of hydrogen-bond donors (Lipinski definition) is 1. The lowest BCUT2D eigenvalue weighted by atomic mass is 9.99. The van der Waals surface area contributed by atoms with Crippen LogP contribution in [0.3, 0.4) is 0 Å². The van der Waals surface area contributed by atoms with E-state index in [-0.39, 0.29) is 5.56 Å². The van der Waals surface area contributed by atoms with E-state index in [0.717, 1.165) is 73.3 Å². The Labute approximate surface area is 207 Å². The van der Waals surface area contributed by atoms with Crippen LogP contribution in [-0.4, -0.2) is 40.7 Å². The predicted octanol–water partition coefficient (Wildman–Crippen LogP) is 4.75. The summed E-state index contributed by atoms with van der Waals surface area (Å²) in [7, 11) is 0. The lowest BCUT2D eigenvalue weighted by Gasteiger charge is -2.30. The van der Waals surface area contributed by atoms with Gasteiger partial charge in [0.15, 0.2) is 0 Å². The monoisotopic (exact) mass is 493 g/mol. The van der Waals surface area contributed by atoms with Crippen LogP contribution in [0.5, 0.6) is 0 Å². The third-order valence-electron chi connectivity index (χ3n) is 6.85. The average molecular weight is 494 g/mol. The normalized spacial score (nSPS) is 16.2. The topological polar surface area (TPSA) is 63.1 Å². The summed E-state index contributed by atoms with van der Waals surface area (Å²) in [5.74, 6) is 1.24. The third-order valence-corrected chi connectivity index (χ3v) is 8.14. The molecule has 6 nitrogen and oxygen atoms in total. The minimum absolute atomic E-state index is 0.0408. The first kappa shape index (κ1) is 22.0. The van der Waals surface area contributed by atoms with Gasteiger partial charge in [0, 0.05) is 42.3 Å². The van der Waals surface area contributed by atoms with Crippen molar-refractivity contribution in [2.75, 3.05) is 31.1 Å². The number of benzene rings is 1. The standard InChI is InChI=1S/C26H28ClN5OS/c1-15(2)13-20-18-7-4-8-19(18)21-22-23(34-24(21)29-20)25(33)32(17-6-3-5-16(27)14-17)26(30-22)31-11-9-28-10-12-31/h3,5-6,14-15,28H,4,7-13H2,1-2H3. The summed E-state index contributed by atoms with van der Waals surface area (Å²) in [5.41, 5.74) is 5.49. The quantitative estimate of drug-likeness (QED) is 0.444. The molecule has 1 aromatic carbocycles. The minimum Gasteiger partial charge on any atom is -0.339 e. The fraction of sp³-hybridized carbons (Fsp3) is 0.423. The van der Waals surface area contributed by atoms with Crippen molar-refractivity contribution < 1.29 is 0 Å². The van der Waals surface area contributed by atoms with E-state index in [1.165, 1.54) is 28.2 Å². The van der Waals surface area contributed by atoms with Gasteiger partial charge in [-0.25, -0.2) is 14.5 Å². The first-order chi connectivity index (χ1) is 16.5. The molecular weight excluding hydrogens is 466 g/mol. The van der Waals surface area contributed by atoms with Gasteiger partial charge < -0.3 is 10.2 Å². The van der Waals surface area contributed by atoms with Crippen LogP contribution in [0.15, 0.2) is 29.1 Å². The fourth-order valence-corrected chi connectivity index (χ4v) is 6.64. The number of hydrogen-bond acceptors (Lipinski definition) is 6. The van der Waals surface area contributed by atoms with Gasteiger partial charge in [-0.3, -0.25) is 4.79 Å². The number of pyridine rings is 1. The number of aromatic nitrogens is 3. The van der Waals surface area contributed by atoms with E-state index >= 15 is 0 Å². The number of piperazine rings is 1. The van der Waals surface area contributed by atoms with Crippen LogP contribution in [0.4, 0.5) is 5.95 Å². The molecule has 34 heavy (non-hydrogen) atoms. The van der Waals surface area contributed by atoms with E-state index in [0.29, 0.717) is 21.6 Å². The molecule has 0 radical (unpaired) electrons. The van der Waals surface area contributed by atoms with E-state index in [9.17, 15) is 4.79 Å². The lowest BCUT2D eigenvalue weighted by molar-refractivity contribution is 0.575. The Morgan fingerprint density at radius 3 is 2.71 bits per heavy atom. The molecule has 0 bridgehead atoms. The Morgan fingerprint density at radius 1 is 1.15 bits per heavy atom. The van der Waals surface area contributed by atoms with Gasteiger partial charge in [0.2, 0.25) is 5.95 Å². The third kappa shape index (κ3) is 3.61. The molecule has 0 amide bonds. The first-order valence-corrected chi connectivity index (χ1v) is 13.3. The van der Waals surface area contributed by atoms with Crippen molar-refractivity contribution in [3.05, 3.63) is 56.5 Å².